The lowest BCUT2D eigenvalue weighted by Gasteiger charge is -1.94. The quantitative estimate of drug-likeness (QED) is 0.806. The van der Waals surface area contributed by atoms with E-state index in [1.807, 2.05) is 16.1 Å². The largest absolute Gasteiger partial charge is 0.496 e. The van der Waals surface area contributed by atoms with Crippen LogP contribution in [0.2, 0.25) is 0 Å². The first-order chi connectivity index (χ1) is 7.22. The predicted molar refractivity (Wildman–Crippen MR) is 66.3 cm³/mol. The van der Waals surface area contributed by atoms with E-state index >= 15 is 0 Å². The lowest BCUT2D eigenvalue weighted by Crippen LogP contribution is -1.96. The summed E-state index contributed by atoms with van der Waals surface area (Å²) in [5, 5.41) is 5.57. The van der Waals surface area contributed by atoms with Crippen LogP contribution < -0.4 is 4.74 Å². The summed E-state index contributed by atoms with van der Waals surface area (Å²) in [6.45, 7) is 0. The molecule has 0 aliphatic heterocycles. The smallest absolute Gasteiger partial charge is 0.205 e. The molecule has 2 aromatic rings. The van der Waals surface area contributed by atoms with E-state index in [1.165, 1.54) is 22.7 Å². The maximum Gasteiger partial charge on any atom is 0.205 e. The Balaban J connectivity index is 2.32. The Kier molecular flexibility index (Phi) is 3.23. The van der Waals surface area contributed by atoms with Gasteiger partial charge >= 0.3 is 0 Å². The summed E-state index contributed by atoms with van der Waals surface area (Å²) in [7, 11) is 1.59. The summed E-state index contributed by atoms with van der Waals surface area (Å²) in [6, 6.07) is 1.76. The van der Waals surface area contributed by atoms with Crippen molar-refractivity contribution in [2.75, 3.05) is 7.11 Å². The van der Waals surface area contributed by atoms with Crippen molar-refractivity contribution in [2.45, 2.75) is 0 Å². The molecule has 0 atom stereocenters. The van der Waals surface area contributed by atoms with Gasteiger partial charge in [0.15, 0.2) is 0 Å². The molecule has 0 aromatic carbocycles. The first-order valence-corrected chi connectivity index (χ1v) is 6.73. The predicted octanol–water partition coefficient (Wildman–Crippen LogP) is 3.81. The van der Waals surface area contributed by atoms with Gasteiger partial charge in [0.1, 0.15) is 5.75 Å². The fourth-order valence-corrected chi connectivity index (χ4v) is 3.38. The Bertz CT molecular complexity index is 487. The van der Waals surface area contributed by atoms with Crippen molar-refractivity contribution in [3.63, 3.8) is 0 Å². The molecule has 0 unspecified atom stereocenters. The Morgan fingerprint density at radius 2 is 2.20 bits per heavy atom. The van der Waals surface area contributed by atoms with Crippen LogP contribution in [0.15, 0.2) is 26.7 Å². The number of thiophene rings is 2. The second-order valence-electron chi connectivity index (χ2n) is 2.81. The second-order valence-corrected chi connectivity index (χ2v) is 5.32. The highest BCUT2D eigenvalue weighted by Gasteiger charge is 2.15. The molecule has 0 amide bonds. The van der Waals surface area contributed by atoms with Crippen LogP contribution in [0, 0.1) is 0 Å². The van der Waals surface area contributed by atoms with Crippen molar-refractivity contribution in [3.8, 4) is 5.75 Å². The summed E-state index contributed by atoms with van der Waals surface area (Å²) >= 11 is 6.26. The molecule has 78 valence electrons. The van der Waals surface area contributed by atoms with E-state index in [4.69, 9.17) is 4.74 Å². The van der Waals surface area contributed by atoms with Gasteiger partial charge in [0.25, 0.3) is 0 Å². The lowest BCUT2D eigenvalue weighted by molar-refractivity contribution is 0.104. The molecule has 2 rings (SSSR count). The van der Waals surface area contributed by atoms with E-state index in [2.05, 4.69) is 15.9 Å². The van der Waals surface area contributed by atoms with Gasteiger partial charge in [0.2, 0.25) is 5.78 Å². The maximum atomic E-state index is 12.0. The third-order valence-electron chi connectivity index (χ3n) is 1.89. The number of hydrogen-bond acceptors (Lipinski definition) is 4. The van der Waals surface area contributed by atoms with Crippen LogP contribution in [0.1, 0.15) is 15.2 Å². The van der Waals surface area contributed by atoms with E-state index in [-0.39, 0.29) is 5.78 Å². The number of ether oxygens (including phenoxy) is 1. The van der Waals surface area contributed by atoms with Gasteiger partial charge in [-0.3, -0.25) is 4.79 Å². The van der Waals surface area contributed by atoms with Crippen molar-refractivity contribution < 1.29 is 9.53 Å². The zero-order valence-electron chi connectivity index (χ0n) is 7.82. The number of rotatable bonds is 3. The molecule has 2 nitrogen and oxygen atoms in total. The Labute approximate surface area is 104 Å². The molecule has 0 radical (unpaired) electrons. The molecule has 5 heteroatoms. The first-order valence-electron chi connectivity index (χ1n) is 4.11. The average molecular weight is 303 g/mol. The molecule has 0 N–H and O–H groups in total. The van der Waals surface area contributed by atoms with Gasteiger partial charge in [-0.15, -0.1) is 11.3 Å². The first kappa shape index (κ1) is 10.9. The third-order valence-corrected chi connectivity index (χ3v) is 4.50. The highest BCUT2D eigenvalue weighted by molar-refractivity contribution is 9.10. The SMILES string of the molecule is COc1csc(C(=O)c2cscc2Br)c1. The number of methoxy groups -OCH3 is 1. The summed E-state index contributed by atoms with van der Waals surface area (Å²) < 4.78 is 5.89. The maximum absolute atomic E-state index is 12.0. The Morgan fingerprint density at radius 1 is 1.40 bits per heavy atom. The zero-order chi connectivity index (χ0) is 10.8. The van der Waals surface area contributed by atoms with Crippen molar-refractivity contribution >= 4 is 44.4 Å². The molecule has 0 bridgehead atoms. The van der Waals surface area contributed by atoms with Gasteiger partial charge in [0, 0.05) is 32.2 Å². The van der Waals surface area contributed by atoms with E-state index in [0.29, 0.717) is 10.4 Å². The van der Waals surface area contributed by atoms with Crippen LogP contribution in [0.3, 0.4) is 0 Å². The zero-order valence-corrected chi connectivity index (χ0v) is 11.0. The molecule has 0 saturated carbocycles. The van der Waals surface area contributed by atoms with E-state index < -0.39 is 0 Å². The minimum absolute atomic E-state index is 0.0384. The van der Waals surface area contributed by atoms with E-state index in [9.17, 15) is 4.79 Å². The molecule has 2 heterocycles. The van der Waals surface area contributed by atoms with Crippen molar-refractivity contribution in [3.05, 3.63) is 37.1 Å². The summed E-state index contributed by atoms with van der Waals surface area (Å²) in [4.78, 5) is 12.7. The monoisotopic (exact) mass is 302 g/mol. The highest BCUT2D eigenvalue weighted by Crippen LogP contribution is 2.28. The Morgan fingerprint density at radius 3 is 2.73 bits per heavy atom. The van der Waals surface area contributed by atoms with Gasteiger partial charge in [-0.2, -0.15) is 11.3 Å². The van der Waals surface area contributed by atoms with Gasteiger partial charge in [-0.1, -0.05) is 0 Å². The van der Waals surface area contributed by atoms with Crippen molar-refractivity contribution in [2.24, 2.45) is 0 Å². The molecular formula is C10H7BrO2S2. The van der Waals surface area contributed by atoms with E-state index in [0.717, 1.165) is 10.2 Å². The number of ketones is 1. The molecule has 15 heavy (non-hydrogen) atoms. The summed E-state index contributed by atoms with van der Waals surface area (Å²) in [5.41, 5.74) is 0.713. The lowest BCUT2D eigenvalue weighted by atomic mass is 10.2. The van der Waals surface area contributed by atoms with Crippen LogP contribution in [0.25, 0.3) is 0 Å². The second kappa shape index (κ2) is 4.47. The molecular weight excluding hydrogens is 296 g/mol. The fourth-order valence-electron chi connectivity index (χ4n) is 1.12. The van der Waals surface area contributed by atoms with Crippen LogP contribution >= 0.6 is 38.6 Å². The highest BCUT2D eigenvalue weighted by atomic mass is 79.9. The fraction of sp³-hybridized carbons (Fsp3) is 0.100. The summed E-state index contributed by atoms with van der Waals surface area (Å²) in [5.74, 6) is 0.770. The van der Waals surface area contributed by atoms with Crippen LogP contribution in [0.4, 0.5) is 0 Å². The van der Waals surface area contributed by atoms with Crippen molar-refractivity contribution in [1.29, 1.82) is 0 Å². The standard InChI is InChI=1S/C10H7BrO2S2/c1-13-6-2-9(15-3-6)10(12)7-4-14-5-8(7)11/h2-5H,1H3. The number of carbonyl (C=O) groups is 1. The minimum atomic E-state index is 0.0384. The molecule has 0 fully saturated rings. The van der Waals surface area contributed by atoms with Crippen LogP contribution in [-0.4, -0.2) is 12.9 Å². The Hall–Kier alpha value is -0.650. The normalized spacial score (nSPS) is 10.3. The number of carbonyl (C=O) groups excluding carboxylic acids is 1. The van der Waals surface area contributed by atoms with E-state index in [1.54, 1.807) is 13.2 Å². The molecule has 2 aromatic heterocycles. The van der Waals surface area contributed by atoms with Gasteiger partial charge < -0.3 is 4.74 Å². The average Bonchev–Trinajstić information content (AvgIpc) is 2.84. The van der Waals surface area contributed by atoms with Crippen molar-refractivity contribution in [1.82, 2.24) is 0 Å². The molecule has 0 saturated heterocycles. The minimum Gasteiger partial charge on any atom is -0.496 e. The summed E-state index contributed by atoms with van der Waals surface area (Å²) in [6.07, 6.45) is 0. The molecule has 0 spiro atoms. The van der Waals surface area contributed by atoms with Gasteiger partial charge in [0.05, 0.1) is 12.0 Å². The number of hydrogen-bond donors (Lipinski definition) is 0. The topological polar surface area (TPSA) is 26.3 Å². The van der Waals surface area contributed by atoms with Crippen LogP contribution in [0.5, 0.6) is 5.75 Å². The number of halogens is 1. The van der Waals surface area contributed by atoms with Gasteiger partial charge in [-0.05, 0) is 15.9 Å². The molecule has 0 aliphatic carbocycles. The van der Waals surface area contributed by atoms with Crippen LogP contribution in [-0.2, 0) is 0 Å². The molecule has 0 aliphatic rings. The third kappa shape index (κ3) is 2.14. The van der Waals surface area contributed by atoms with Gasteiger partial charge in [-0.25, -0.2) is 0 Å².